The van der Waals surface area contributed by atoms with Crippen LogP contribution in [0.15, 0.2) is 0 Å². The third-order valence-electron chi connectivity index (χ3n) is 4.01. The first-order chi connectivity index (χ1) is 9.00. The van der Waals surface area contributed by atoms with E-state index in [-0.39, 0.29) is 24.4 Å². The highest BCUT2D eigenvalue weighted by molar-refractivity contribution is 5.94. The predicted octanol–water partition coefficient (Wildman–Crippen LogP) is 1.77. The molecule has 5 nitrogen and oxygen atoms in total. The van der Waals surface area contributed by atoms with Crippen LogP contribution in [0.4, 0.5) is 0 Å². The van der Waals surface area contributed by atoms with Gasteiger partial charge in [0.2, 0.25) is 0 Å². The summed E-state index contributed by atoms with van der Waals surface area (Å²) in [7, 11) is 1.82. The number of carbonyl (C=O) groups excluding carboxylic acids is 1. The van der Waals surface area contributed by atoms with E-state index in [0.29, 0.717) is 18.2 Å². The molecule has 1 heterocycles. The number of amides is 1. The highest BCUT2D eigenvalue weighted by Crippen LogP contribution is 2.23. The Balaban J connectivity index is 0.00000200. The summed E-state index contributed by atoms with van der Waals surface area (Å²) in [5.41, 5.74) is 8.87. The minimum atomic E-state index is 0. The van der Waals surface area contributed by atoms with E-state index < -0.39 is 0 Å². The molecule has 0 aliphatic heterocycles. The molecule has 2 rings (SSSR count). The molecule has 3 N–H and O–H groups in total. The molecule has 1 amide bonds. The zero-order valence-electron chi connectivity index (χ0n) is 12.5. The zero-order valence-corrected chi connectivity index (χ0v) is 13.3. The van der Waals surface area contributed by atoms with Crippen LogP contribution in [0.5, 0.6) is 0 Å². The van der Waals surface area contributed by atoms with Gasteiger partial charge >= 0.3 is 0 Å². The van der Waals surface area contributed by atoms with Crippen molar-refractivity contribution in [2.45, 2.75) is 45.6 Å². The number of carbonyl (C=O) groups is 1. The fourth-order valence-electron chi connectivity index (χ4n) is 2.45. The molecule has 1 unspecified atom stereocenters. The highest BCUT2D eigenvalue weighted by atomic mass is 35.5. The van der Waals surface area contributed by atoms with Crippen LogP contribution in [-0.4, -0.2) is 40.6 Å². The third kappa shape index (κ3) is 3.52. The number of hydrogen-bond donors (Lipinski definition) is 2. The van der Waals surface area contributed by atoms with Crippen LogP contribution in [0, 0.1) is 5.92 Å². The van der Waals surface area contributed by atoms with E-state index in [1.54, 1.807) is 4.90 Å². The van der Waals surface area contributed by atoms with Gasteiger partial charge in [0.1, 0.15) is 0 Å². The molecule has 1 aliphatic carbocycles. The van der Waals surface area contributed by atoms with Crippen molar-refractivity contribution < 1.29 is 4.79 Å². The van der Waals surface area contributed by atoms with Crippen LogP contribution >= 0.6 is 12.4 Å². The largest absolute Gasteiger partial charge is 0.340 e. The molecule has 0 bridgehead atoms. The second kappa shape index (κ2) is 7.09. The summed E-state index contributed by atoms with van der Waals surface area (Å²) in [4.78, 5) is 14.1. The molecule has 114 valence electrons. The molecule has 0 fully saturated rings. The second-order valence-corrected chi connectivity index (χ2v) is 5.81. The molecule has 20 heavy (non-hydrogen) atoms. The lowest BCUT2D eigenvalue weighted by molar-refractivity contribution is 0.0782. The van der Waals surface area contributed by atoms with Gasteiger partial charge in [-0.1, -0.05) is 13.8 Å². The Kier molecular flexibility index (Phi) is 6.02. The summed E-state index contributed by atoms with van der Waals surface area (Å²) in [5.74, 6) is 0.452. The summed E-state index contributed by atoms with van der Waals surface area (Å²) in [5, 5.41) is 7.16. The second-order valence-electron chi connectivity index (χ2n) is 5.81. The average Bonchev–Trinajstić information content (AvgIpc) is 2.96. The number of H-pyrrole nitrogens is 1. The van der Waals surface area contributed by atoms with Gasteiger partial charge < -0.3 is 10.6 Å². The number of aromatic amines is 1. The summed E-state index contributed by atoms with van der Waals surface area (Å²) < 4.78 is 0. The van der Waals surface area contributed by atoms with Gasteiger partial charge in [-0.2, -0.15) is 5.10 Å². The van der Waals surface area contributed by atoms with Crippen molar-refractivity contribution in [3.8, 4) is 0 Å². The smallest absolute Gasteiger partial charge is 0.274 e. The molecule has 1 aromatic heterocycles. The lowest BCUT2D eigenvalue weighted by Crippen LogP contribution is -2.35. The van der Waals surface area contributed by atoms with Gasteiger partial charge in [0.15, 0.2) is 5.69 Å². The van der Waals surface area contributed by atoms with Gasteiger partial charge in [-0.25, -0.2) is 0 Å². The highest BCUT2D eigenvalue weighted by Gasteiger charge is 2.25. The topological polar surface area (TPSA) is 75.0 Å². The summed E-state index contributed by atoms with van der Waals surface area (Å²) in [6.45, 7) is 4.89. The molecule has 0 spiro atoms. The van der Waals surface area contributed by atoms with Crippen molar-refractivity contribution in [2.24, 2.45) is 11.7 Å². The van der Waals surface area contributed by atoms with E-state index in [0.717, 1.165) is 36.9 Å². The van der Waals surface area contributed by atoms with E-state index in [1.165, 1.54) is 0 Å². The monoisotopic (exact) mass is 300 g/mol. The van der Waals surface area contributed by atoms with Gasteiger partial charge in [0.05, 0.1) is 0 Å². The van der Waals surface area contributed by atoms with Crippen molar-refractivity contribution in [2.75, 3.05) is 13.6 Å². The Morgan fingerprint density at radius 1 is 1.45 bits per heavy atom. The lowest BCUT2D eigenvalue weighted by Gasteiger charge is -2.21. The van der Waals surface area contributed by atoms with Gasteiger partial charge in [-0.15, -0.1) is 12.4 Å². The Hall–Kier alpha value is -1.07. The number of fused-ring (bicyclic) bond motifs is 1. The van der Waals surface area contributed by atoms with Crippen molar-refractivity contribution >= 4 is 18.3 Å². The number of halogens is 1. The number of nitrogens with one attached hydrogen (secondary N) is 1. The maximum absolute atomic E-state index is 12.4. The van der Waals surface area contributed by atoms with E-state index in [4.69, 9.17) is 5.73 Å². The Morgan fingerprint density at radius 3 is 2.80 bits per heavy atom. The van der Waals surface area contributed by atoms with Crippen LogP contribution < -0.4 is 5.73 Å². The first-order valence-electron chi connectivity index (χ1n) is 7.08. The number of rotatable bonds is 5. The first-order valence-corrected chi connectivity index (χ1v) is 7.08. The zero-order chi connectivity index (χ0) is 14.0. The third-order valence-corrected chi connectivity index (χ3v) is 4.01. The predicted molar refractivity (Wildman–Crippen MR) is 82.3 cm³/mol. The van der Waals surface area contributed by atoms with Crippen LogP contribution in [-0.2, 0) is 12.8 Å². The van der Waals surface area contributed by atoms with Crippen molar-refractivity contribution in [1.82, 2.24) is 15.1 Å². The summed E-state index contributed by atoms with van der Waals surface area (Å²) in [6.07, 6.45) is 3.92. The van der Waals surface area contributed by atoms with Crippen LogP contribution in [0.2, 0.25) is 0 Å². The Bertz CT molecular complexity index is 458. The molecule has 1 aromatic rings. The van der Waals surface area contributed by atoms with E-state index in [9.17, 15) is 4.79 Å². The Morgan fingerprint density at radius 2 is 2.15 bits per heavy atom. The first kappa shape index (κ1) is 17.0. The summed E-state index contributed by atoms with van der Waals surface area (Å²) >= 11 is 0. The molecule has 0 saturated heterocycles. The normalized spacial score (nSPS) is 14.8. The fraction of sp³-hybridized carbons (Fsp3) is 0.714. The van der Waals surface area contributed by atoms with Gasteiger partial charge in [0, 0.05) is 30.9 Å². The van der Waals surface area contributed by atoms with Gasteiger partial charge in [-0.3, -0.25) is 9.89 Å². The van der Waals surface area contributed by atoms with Crippen molar-refractivity contribution in [3.63, 3.8) is 0 Å². The van der Waals surface area contributed by atoms with Crippen LogP contribution in [0.1, 0.15) is 48.4 Å². The SMILES string of the molecule is CC(C)C(N)CCN(C)C(=O)c1n[nH]c2c1CCC2.Cl. The maximum Gasteiger partial charge on any atom is 0.274 e. The van der Waals surface area contributed by atoms with Crippen molar-refractivity contribution in [3.05, 3.63) is 17.0 Å². The minimum Gasteiger partial charge on any atom is -0.340 e. The number of nitrogens with zero attached hydrogens (tertiary/aromatic N) is 2. The van der Waals surface area contributed by atoms with Gasteiger partial charge in [-0.05, 0) is 31.6 Å². The van der Waals surface area contributed by atoms with Gasteiger partial charge in [0.25, 0.3) is 5.91 Å². The van der Waals surface area contributed by atoms with E-state index >= 15 is 0 Å². The van der Waals surface area contributed by atoms with E-state index in [2.05, 4.69) is 24.0 Å². The molecule has 0 saturated carbocycles. The molecule has 6 heteroatoms. The molecular formula is C14H25ClN4O. The Labute approximate surface area is 126 Å². The van der Waals surface area contributed by atoms with E-state index in [1.807, 2.05) is 7.05 Å². The minimum absolute atomic E-state index is 0. The lowest BCUT2D eigenvalue weighted by atomic mass is 10.0. The standard InChI is InChI=1S/C14H24N4O.ClH/c1-9(2)11(15)7-8-18(3)14(19)13-10-5-4-6-12(10)16-17-13;/h9,11H,4-8,15H2,1-3H3,(H,16,17);1H. The molecule has 1 aliphatic rings. The number of hydrogen-bond acceptors (Lipinski definition) is 3. The number of aryl methyl sites for hydroxylation is 1. The number of nitrogens with two attached hydrogens (primary N) is 1. The summed E-state index contributed by atoms with van der Waals surface area (Å²) in [6, 6.07) is 0.139. The average molecular weight is 301 g/mol. The maximum atomic E-state index is 12.4. The molecule has 1 atom stereocenters. The number of aromatic nitrogens is 2. The fourth-order valence-corrected chi connectivity index (χ4v) is 2.45. The quantitative estimate of drug-likeness (QED) is 0.870. The molecule has 0 aromatic carbocycles. The molecule has 0 radical (unpaired) electrons. The molecular weight excluding hydrogens is 276 g/mol. The van der Waals surface area contributed by atoms with Crippen molar-refractivity contribution in [1.29, 1.82) is 0 Å². The van der Waals surface area contributed by atoms with Crippen LogP contribution in [0.25, 0.3) is 0 Å². The van der Waals surface area contributed by atoms with Crippen LogP contribution in [0.3, 0.4) is 0 Å².